The fraction of sp³-hybridized carbons (Fsp3) is 0.174. The van der Waals surface area contributed by atoms with E-state index in [1.165, 1.54) is 3.97 Å². The summed E-state index contributed by atoms with van der Waals surface area (Å²) in [6, 6.07) is 20.1. The van der Waals surface area contributed by atoms with Crippen LogP contribution in [-0.4, -0.2) is 22.6 Å². The Balaban J connectivity index is 1.90. The first kappa shape index (κ1) is 19.3. The highest BCUT2D eigenvalue weighted by Crippen LogP contribution is 2.32. The molecule has 0 aliphatic carbocycles. The van der Waals surface area contributed by atoms with Gasteiger partial charge in [0.25, 0.3) is 10.0 Å². The number of fused-ring (bicyclic) bond motifs is 1. The van der Waals surface area contributed by atoms with Crippen LogP contribution in [0.15, 0.2) is 77.8 Å². The van der Waals surface area contributed by atoms with Crippen molar-refractivity contribution in [1.29, 1.82) is 0 Å². The Hall–Kier alpha value is -2.99. The molecule has 29 heavy (non-hydrogen) atoms. The fourth-order valence-corrected chi connectivity index (χ4v) is 4.71. The summed E-state index contributed by atoms with van der Waals surface area (Å²) in [4.78, 5) is 0.220. The molecule has 0 aliphatic heterocycles. The highest BCUT2D eigenvalue weighted by atomic mass is 32.2. The normalized spacial score (nSPS) is 11.8. The number of hydrogen-bond acceptors (Lipinski definition) is 4. The number of hydrogen-bond donors (Lipinski definition) is 0. The molecule has 0 unspecified atom stereocenters. The molecule has 0 fully saturated rings. The van der Waals surface area contributed by atoms with Gasteiger partial charge in [0.2, 0.25) is 0 Å². The van der Waals surface area contributed by atoms with Crippen LogP contribution in [0.4, 0.5) is 0 Å². The maximum atomic E-state index is 13.3. The molecule has 0 atom stereocenters. The summed E-state index contributed by atoms with van der Waals surface area (Å²) in [6.45, 7) is 3.87. The van der Waals surface area contributed by atoms with Gasteiger partial charge in [-0.3, -0.25) is 0 Å². The van der Waals surface area contributed by atoms with Crippen LogP contribution in [0.2, 0.25) is 0 Å². The third kappa shape index (κ3) is 3.80. The molecule has 2 aromatic heterocycles. The maximum Gasteiger partial charge on any atom is 0.269 e. The first-order valence-corrected chi connectivity index (χ1v) is 11.1. The number of rotatable bonds is 7. The topological polar surface area (TPSA) is 64.8 Å². The lowest BCUT2D eigenvalue weighted by molar-refractivity contribution is 0.588. The van der Waals surface area contributed by atoms with Crippen molar-refractivity contribution in [2.75, 3.05) is 0 Å². The van der Waals surface area contributed by atoms with Crippen molar-refractivity contribution < 1.29 is 8.42 Å². The number of nitrogens with zero attached hydrogens (tertiary/aromatic N) is 3. The van der Waals surface area contributed by atoms with Crippen LogP contribution in [0, 0.1) is 6.92 Å². The van der Waals surface area contributed by atoms with Crippen molar-refractivity contribution in [3.8, 4) is 11.1 Å². The molecule has 147 valence electrons. The van der Waals surface area contributed by atoms with Crippen molar-refractivity contribution in [2.24, 2.45) is 0 Å². The van der Waals surface area contributed by atoms with E-state index >= 15 is 0 Å². The van der Waals surface area contributed by atoms with E-state index in [0.717, 1.165) is 47.9 Å². The zero-order valence-electron chi connectivity index (χ0n) is 16.0. The van der Waals surface area contributed by atoms with Crippen LogP contribution in [0.1, 0.15) is 25.0 Å². The summed E-state index contributed by atoms with van der Waals surface area (Å²) in [5.41, 5.74) is 2.97. The summed E-state index contributed by atoms with van der Waals surface area (Å²) in [5, 5.41) is 9.40. The lowest BCUT2D eigenvalue weighted by Crippen LogP contribution is -2.12. The van der Waals surface area contributed by atoms with E-state index in [-0.39, 0.29) is 4.90 Å². The van der Waals surface area contributed by atoms with Crippen molar-refractivity contribution in [3.63, 3.8) is 0 Å². The molecular formula is C23H22N3O2S. The van der Waals surface area contributed by atoms with Gasteiger partial charge in [-0.15, -0.1) is 5.10 Å². The third-order valence-corrected chi connectivity index (χ3v) is 6.55. The van der Waals surface area contributed by atoms with Gasteiger partial charge in [-0.2, -0.15) is 5.10 Å². The molecule has 2 aromatic carbocycles. The van der Waals surface area contributed by atoms with Crippen LogP contribution >= 0.6 is 0 Å². The van der Waals surface area contributed by atoms with E-state index in [4.69, 9.17) is 0 Å². The largest absolute Gasteiger partial charge is 0.269 e. The quantitative estimate of drug-likeness (QED) is 0.412. The number of aryl methyl sites for hydroxylation is 1. The minimum atomic E-state index is -3.78. The molecule has 6 heteroatoms. The van der Waals surface area contributed by atoms with Gasteiger partial charge in [-0.05, 0) is 36.6 Å². The Labute approximate surface area is 171 Å². The van der Waals surface area contributed by atoms with E-state index < -0.39 is 10.0 Å². The molecule has 0 aliphatic rings. The highest BCUT2D eigenvalue weighted by Gasteiger charge is 2.23. The lowest BCUT2D eigenvalue weighted by atomic mass is 10.1. The highest BCUT2D eigenvalue weighted by molar-refractivity contribution is 7.90. The zero-order valence-corrected chi connectivity index (χ0v) is 16.8. The maximum absolute atomic E-state index is 13.3. The predicted octanol–water partition coefficient (Wildman–Crippen LogP) is 4.88. The van der Waals surface area contributed by atoms with Gasteiger partial charge in [0, 0.05) is 17.1 Å². The van der Waals surface area contributed by atoms with Crippen LogP contribution in [0.5, 0.6) is 0 Å². The van der Waals surface area contributed by atoms with Gasteiger partial charge in [-0.25, -0.2) is 12.4 Å². The Morgan fingerprint density at radius 1 is 0.897 bits per heavy atom. The first-order valence-electron chi connectivity index (χ1n) is 9.64. The summed E-state index contributed by atoms with van der Waals surface area (Å²) in [6.07, 6.45) is 5.33. The molecule has 1 radical (unpaired) electrons. The van der Waals surface area contributed by atoms with Crippen molar-refractivity contribution in [2.45, 2.75) is 30.6 Å². The summed E-state index contributed by atoms with van der Waals surface area (Å²) in [5.74, 6) is 0. The van der Waals surface area contributed by atoms with Gasteiger partial charge >= 0.3 is 0 Å². The SMILES string of the molecule is [CH2]CCCCc1cc2c(-c3ccccc3)cn(S(=O)(=O)c3ccccc3)c2nn1. The molecule has 0 saturated heterocycles. The summed E-state index contributed by atoms with van der Waals surface area (Å²) in [7, 11) is -3.78. The minimum absolute atomic E-state index is 0.220. The van der Waals surface area contributed by atoms with E-state index in [2.05, 4.69) is 17.1 Å². The standard InChI is InChI=1S/C23H22N3O2S/c1-2-3-6-13-19-16-21-22(18-11-7-4-8-12-18)17-26(23(21)25-24-19)29(27,28)20-14-9-5-10-15-20/h4-5,7-12,14-17H,1-3,6,13H2. The van der Waals surface area contributed by atoms with Crippen LogP contribution in [0.25, 0.3) is 22.2 Å². The number of aromatic nitrogens is 3. The molecule has 0 bridgehead atoms. The molecule has 0 saturated carbocycles. The van der Waals surface area contributed by atoms with Crippen LogP contribution in [0.3, 0.4) is 0 Å². The number of benzene rings is 2. The molecule has 5 nitrogen and oxygen atoms in total. The second-order valence-electron chi connectivity index (χ2n) is 6.91. The molecule has 0 amide bonds. The van der Waals surface area contributed by atoms with Crippen LogP contribution in [-0.2, 0) is 16.4 Å². The van der Waals surface area contributed by atoms with E-state index in [0.29, 0.717) is 5.65 Å². The van der Waals surface area contributed by atoms with E-state index in [1.54, 1.807) is 36.5 Å². The molecular weight excluding hydrogens is 382 g/mol. The molecule has 0 N–H and O–H groups in total. The van der Waals surface area contributed by atoms with Gasteiger partial charge in [0.1, 0.15) is 0 Å². The zero-order chi connectivity index (χ0) is 20.3. The van der Waals surface area contributed by atoms with E-state index in [1.807, 2.05) is 36.4 Å². The fourth-order valence-electron chi connectivity index (χ4n) is 3.38. The van der Waals surface area contributed by atoms with Crippen LogP contribution < -0.4 is 0 Å². The number of unbranched alkanes of at least 4 members (excludes halogenated alkanes) is 2. The second kappa shape index (κ2) is 8.17. The van der Waals surface area contributed by atoms with Crippen molar-refractivity contribution >= 4 is 21.1 Å². The molecule has 4 aromatic rings. The van der Waals surface area contributed by atoms with Gasteiger partial charge in [0.05, 0.1) is 10.6 Å². The average Bonchev–Trinajstić information content (AvgIpc) is 3.15. The van der Waals surface area contributed by atoms with Gasteiger partial charge in [-0.1, -0.05) is 68.3 Å². The summed E-state index contributed by atoms with van der Waals surface area (Å²) < 4.78 is 27.8. The molecule has 2 heterocycles. The summed E-state index contributed by atoms with van der Waals surface area (Å²) >= 11 is 0. The van der Waals surface area contributed by atoms with Crippen molar-refractivity contribution in [3.05, 3.63) is 85.5 Å². The Bertz CT molecular complexity index is 1220. The molecule has 4 rings (SSSR count). The average molecular weight is 405 g/mol. The van der Waals surface area contributed by atoms with Crippen molar-refractivity contribution in [1.82, 2.24) is 14.2 Å². The first-order chi connectivity index (χ1) is 14.1. The Morgan fingerprint density at radius 3 is 2.28 bits per heavy atom. The second-order valence-corrected chi connectivity index (χ2v) is 8.72. The Kier molecular flexibility index (Phi) is 5.45. The lowest BCUT2D eigenvalue weighted by Gasteiger charge is -2.06. The Morgan fingerprint density at radius 2 is 1.59 bits per heavy atom. The third-order valence-electron chi connectivity index (χ3n) is 4.89. The van der Waals surface area contributed by atoms with Gasteiger partial charge < -0.3 is 0 Å². The van der Waals surface area contributed by atoms with E-state index in [9.17, 15) is 8.42 Å². The monoisotopic (exact) mass is 404 g/mol. The smallest absolute Gasteiger partial charge is 0.222 e. The minimum Gasteiger partial charge on any atom is -0.222 e. The molecule has 0 spiro atoms. The van der Waals surface area contributed by atoms with Gasteiger partial charge in [0.15, 0.2) is 5.65 Å². The predicted molar refractivity (Wildman–Crippen MR) is 115 cm³/mol.